The second kappa shape index (κ2) is 7.66. The van der Waals surface area contributed by atoms with E-state index < -0.39 is 0 Å². The summed E-state index contributed by atoms with van der Waals surface area (Å²) in [6.45, 7) is 2.79. The van der Waals surface area contributed by atoms with Gasteiger partial charge in [-0.2, -0.15) is 0 Å². The summed E-state index contributed by atoms with van der Waals surface area (Å²) < 4.78 is 5.61. The van der Waals surface area contributed by atoms with Crippen molar-refractivity contribution in [1.29, 1.82) is 0 Å². The molecule has 2 aromatic rings. The van der Waals surface area contributed by atoms with Crippen molar-refractivity contribution in [1.82, 2.24) is 5.32 Å². The number of nitrogens with one attached hydrogen (secondary N) is 2. The number of piperidine rings is 1. The first-order valence-corrected chi connectivity index (χ1v) is 8.54. The molecule has 0 saturated carbocycles. The standard InChI is InChI=1S/C18H21ClN2O2/c19-15-8-3-2-7-14(15)18(22)20-13-16(17-9-6-12-23-17)21-10-4-1-5-11-21/h2-3,6-9,12,16H,1,4-5,10-11,13H2,(H,20,22)/p+1/t16-/m0/s1. The number of likely N-dealkylation sites (tertiary alicyclic amines) is 1. The quantitative estimate of drug-likeness (QED) is 0.883. The summed E-state index contributed by atoms with van der Waals surface area (Å²) in [5, 5.41) is 3.50. The number of benzene rings is 1. The Balaban J connectivity index is 1.69. The lowest BCUT2D eigenvalue weighted by Crippen LogP contribution is -3.13. The zero-order valence-electron chi connectivity index (χ0n) is 13.1. The highest BCUT2D eigenvalue weighted by Gasteiger charge is 2.28. The summed E-state index contributed by atoms with van der Waals surface area (Å²) in [6.07, 6.45) is 5.44. The van der Waals surface area contributed by atoms with Crippen molar-refractivity contribution in [2.24, 2.45) is 0 Å². The minimum atomic E-state index is -0.136. The Morgan fingerprint density at radius 2 is 1.96 bits per heavy atom. The van der Waals surface area contributed by atoms with Crippen molar-refractivity contribution in [3.63, 3.8) is 0 Å². The Kier molecular flexibility index (Phi) is 5.36. The maximum absolute atomic E-state index is 12.4. The topological polar surface area (TPSA) is 46.7 Å². The van der Waals surface area contributed by atoms with E-state index in [1.807, 2.05) is 24.3 Å². The molecular weight excluding hydrogens is 312 g/mol. The number of quaternary nitrogens is 1. The van der Waals surface area contributed by atoms with Gasteiger partial charge < -0.3 is 14.6 Å². The second-order valence-electron chi connectivity index (χ2n) is 5.98. The molecule has 1 aliphatic rings. The predicted octanol–water partition coefficient (Wildman–Crippen LogP) is 2.47. The van der Waals surface area contributed by atoms with E-state index in [2.05, 4.69) is 5.32 Å². The van der Waals surface area contributed by atoms with Crippen LogP contribution in [0.2, 0.25) is 5.02 Å². The molecule has 0 unspecified atom stereocenters. The summed E-state index contributed by atoms with van der Waals surface area (Å²) >= 11 is 6.10. The lowest BCUT2D eigenvalue weighted by Gasteiger charge is -2.30. The van der Waals surface area contributed by atoms with Crippen molar-refractivity contribution in [2.45, 2.75) is 25.3 Å². The summed E-state index contributed by atoms with van der Waals surface area (Å²) in [5.41, 5.74) is 0.515. The molecular formula is C18H22ClN2O2+. The highest BCUT2D eigenvalue weighted by Crippen LogP contribution is 2.16. The maximum atomic E-state index is 12.4. The van der Waals surface area contributed by atoms with Gasteiger partial charge in [-0.1, -0.05) is 23.7 Å². The van der Waals surface area contributed by atoms with Crippen molar-refractivity contribution in [2.75, 3.05) is 19.6 Å². The van der Waals surface area contributed by atoms with Crippen LogP contribution in [0, 0.1) is 0 Å². The van der Waals surface area contributed by atoms with Crippen LogP contribution in [-0.2, 0) is 0 Å². The van der Waals surface area contributed by atoms with Gasteiger partial charge in [0.25, 0.3) is 5.91 Å². The molecule has 0 spiro atoms. The largest absolute Gasteiger partial charge is 0.463 e. The van der Waals surface area contributed by atoms with Gasteiger partial charge in [0.2, 0.25) is 0 Å². The maximum Gasteiger partial charge on any atom is 0.253 e. The van der Waals surface area contributed by atoms with Crippen LogP contribution in [0.4, 0.5) is 0 Å². The van der Waals surface area contributed by atoms with Gasteiger partial charge in [0, 0.05) is 0 Å². The molecule has 122 valence electrons. The Morgan fingerprint density at radius 1 is 1.17 bits per heavy atom. The third-order valence-electron chi connectivity index (χ3n) is 4.46. The molecule has 1 atom stereocenters. The van der Waals surface area contributed by atoms with Crippen molar-refractivity contribution < 1.29 is 14.1 Å². The van der Waals surface area contributed by atoms with E-state index in [-0.39, 0.29) is 11.9 Å². The van der Waals surface area contributed by atoms with Gasteiger partial charge in [-0.25, -0.2) is 0 Å². The van der Waals surface area contributed by atoms with E-state index in [1.54, 1.807) is 18.4 Å². The van der Waals surface area contributed by atoms with E-state index in [0.717, 1.165) is 18.8 Å². The highest BCUT2D eigenvalue weighted by atomic mass is 35.5. The lowest BCUT2D eigenvalue weighted by molar-refractivity contribution is -0.936. The number of hydrogen-bond donors (Lipinski definition) is 2. The molecule has 23 heavy (non-hydrogen) atoms. The Morgan fingerprint density at radius 3 is 2.65 bits per heavy atom. The van der Waals surface area contributed by atoms with Crippen LogP contribution in [0.25, 0.3) is 0 Å². The van der Waals surface area contributed by atoms with Crippen molar-refractivity contribution in [3.8, 4) is 0 Å². The van der Waals surface area contributed by atoms with E-state index in [0.29, 0.717) is 17.1 Å². The number of hydrogen-bond acceptors (Lipinski definition) is 2. The SMILES string of the molecule is O=C(NC[C@@H](c1ccco1)[NH+]1CCCCC1)c1ccccc1Cl. The molecule has 1 aliphatic heterocycles. The zero-order chi connectivity index (χ0) is 16.1. The molecule has 0 bridgehead atoms. The van der Waals surface area contributed by atoms with Crippen molar-refractivity contribution >= 4 is 17.5 Å². The summed E-state index contributed by atoms with van der Waals surface area (Å²) in [6, 6.07) is 11.2. The Hall–Kier alpha value is -1.78. The fourth-order valence-corrected chi connectivity index (χ4v) is 3.45. The van der Waals surface area contributed by atoms with Gasteiger partial charge in [0.1, 0.15) is 0 Å². The zero-order valence-corrected chi connectivity index (χ0v) is 13.8. The van der Waals surface area contributed by atoms with Crippen LogP contribution >= 0.6 is 11.6 Å². The lowest BCUT2D eigenvalue weighted by atomic mass is 10.1. The van der Waals surface area contributed by atoms with Crippen LogP contribution < -0.4 is 10.2 Å². The third-order valence-corrected chi connectivity index (χ3v) is 4.79. The molecule has 0 radical (unpaired) electrons. The van der Waals surface area contributed by atoms with Crippen LogP contribution in [0.3, 0.4) is 0 Å². The van der Waals surface area contributed by atoms with Gasteiger partial charge in [0.05, 0.1) is 36.5 Å². The first-order valence-electron chi connectivity index (χ1n) is 8.16. The highest BCUT2D eigenvalue weighted by molar-refractivity contribution is 6.33. The summed E-state index contributed by atoms with van der Waals surface area (Å²) in [7, 11) is 0. The number of halogens is 1. The number of amides is 1. The fraction of sp³-hybridized carbons (Fsp3) is 0.389. The van der Waals surface area contributed by atoms with E-state index in [1.165, 1.54) is 24.2 Å². The van der Waals surface area contributed by atoms with Crippen LogP contribution in [0.1, 0.15) is 41.4 Å². The molecule has 1 aromatic heterocycles. The molecule has 4 nitrogen and oxygen atoms in total. The second-order valence-corrected chi connectivity index (χ2v) is 6.38. The molecule has 1 aromatic carbocycles. The number of carbonyl (C=O) groups excluding carboxylic acids is 1. The fourth-order valence-electron chi connectivity index (χ4n) is 3.23. The molecule has 2 heterocycles. The first-order chi connectivity index (χ1) is 11.3. The monoisotopic (exact) mass is 333 g/mol. The molecule has 1 amide bonds. The van der Waals surface area contributed by atoms with Crippen LogP contribution in [0.15, 0.2) is 47.1 Å². The number of rotatable bonds is 5. The van der Waals surface area contributed by atoms with Gasteiger partial charge in [-0.3, -0.25) is 4.79 Å². The average Bonchev–Trinajstić information content (AvgIpc) is 3.10. The van der Waals surface area contributed by atoms with Crippen LogP contribution in [0.5, 0.6) is 0 Å². The molecule has 0 aliphatic carbocycles. The Bertz CT molecular complexity index is 636. The average molecular weight is 334 g/mol. The summed E-state index contributed by atoms with van der Waals surface area (Å²) in [4.78, 5) is 13.9. The molecule has 3 rings (SSSR count). The third kappa shape index (κ3) is 3.95. The van der Waals surface area contributed by atoms with Gasteiger partial charge in [-0.15, -0.1) is 0 Å². The minimum absolute atomic E-state index is 0.136. The smallest absolute Gasteiger partial charge is 0.253 e. The summed E-state index contributed by atoms with van der Waals surface area (Å²) in [5.74, 6) is 0.796. The Labute approximate surface area is 141 Å². The van der Waals surface area contributed by atoms with Crippen LogP contribution in [-0.4, -0.2) is 25.5 Å². The van der Waals surface area contributed by atoms with E-state index in [4.69, 9.17) is 16.0 Å². The van der Waals surface area contributed by atoms with Gasteiger partial charge >= 0.3 is 0 Å². The molecule has 2 N–H and O–H groups in total. The molecule has 5 heteroatoms. The predicted molar refractivity (Wildman–Crippen MR) is 89.8 cm³/mol. The first kappa shape index (κ1) is 16.1. The van der Waals surface area contributed by atoms with E-state index in [9.17, 15) is 4.79 Å². The minimum Gasteiger partial charge on any atom is -0.463 e. The van der Waals surface area contributed by atoms with Crippen molar-refractivity contribution in [3.05, 3.63) is 59.0 Å². The van der Waals surface area contributed by atoms with Gasteiger partial charge in [-0.05, 0) is 43.5 Å². The number of carbonyl (C=O) groups is 1. The normalized spacial score (nSPS) is 16.9. The molecule has 1 saturated heterocycles. The van der Waals surface area contributed by atoms with E-state index >= 15 is 0 Å². The van der Waals surface area contributed by atoms with Gasteiger partial charge in [0.15, 0.2) is 11.8 Å². The molecule has 1 fully saturated rings. The number of furan rings is 1.